The fourth-order valence-electron chi connectivity index (χ4n) is 2.28. The topological polar surface area (TPSA) is 94.6 Å². The van der Waals surface area contributed by atoms with E-state index in [4.69, 9.17) is 9.52 Å². The Balaban J connectivity index is 1.98. The van der Waals surface area contributed by atoms with E-state index in [-0.39, 0.29) is 17.0 Å². The van der Waals surface area contributed by atoms with Gasteiger partial charge in [0.25, 0.3) is 0 Å². The summed E-state index contributed by atoms with van der Waals surface area (Å²) in [5.74, 6) is -2.04. The molecule has 25 heavy (non-hydrogen) atoms. The SMILES string of the molecule is CC(F)(F)Oc1ccc(-c2ccc3oc(=O)n(CC(=O)O)c3n2)cc1. The summed E-state index contributed by atoms with van der Waals surface area (Å²) in [6.07, 6.45) is -3.29. The van der Waals surface area contributed by atoms with Gasteiger partial charge in [-0.15, -0.1) is 0 Å². The molecule has 2 heterocycles. The monoisotopic (exact) mass is 350 g/mol. The second-order valence-electron chi connectivity index (χ2n) is 5.30. The van der Waals surface area contributed by atoms with Gasteiger partial charge in [0.2, 0.25) is 0 Å². The van der Waals surface area contributed by atoms with E-state index in [2.05, 4.69) is 9.72 Å². The predicted molar refractivity (Wildman–Crippen MR) is 82.6 cm³/mol. The largest absolute Gasteiger partial charge is 0.480 e. The zero-order valence-electron chi connectivity index (χ0n) is 12.9. The van der Waals surface area contributed by atoms with Crippen LogP contribution in [0.25, 0.3) is 22.5 Å². The molecule has 0 saturated carbocycles. The number of carboxylic acids is 1. The quantitative estimate of drug-likeness (QED) is 0.760. The van der Waals surface area contributed by atoms with Crippen LogP contribution in [-0.4, -0.2) is 26.7 Å². The number of ether oxygens (including phenoxy) is 1. The number of alkyl halides is 2. The molecule has 0 aliphatic heterocycles. The number of carbonyl (C=O) groups is 1. The van der Waals surface area contributed by atoms with E-state index in [9.17, 15) is 18.4 Å². The Hall–Kier alpha value is -3.23. The van der Waals surface area contributed by atoms with E-state index in [1.165, 1.54) is 30.3 Å². The van der Waals surface area contributed by atoms with Crippen molar-refractivity contribution >= 4 is 17.2 Å². The Morgan fingerprint density at radius 2 is 1.96 bits per heavy atom. The molecule has 0 saturated heterocycles. The van der Waals surface area contributed by atoms with Gasteiger partial charge in [-0.05, 0) is 36.4 Å². The molecule has 1 N–H and O–H groups in total. The van der Waals surface area contributed by atoms with Crippen molar-refractivity contribution in [2.75, 3.05) is 0 Å². The van der Waals surface area contributed by atoms with Crippen LogP contribution in [0.5, 0.6) is 5.75 Å². The Morgan fingerprint density at radius 1 is 1.28 bits per heavy atom. The number of benzene rings is 1. The molecule has 7 nitrogen and oxygen atoms in total. The molecule has 3 rings (SSSR count). The predicted octanol–water partition coefficient (Wildman–Crippen LogP) is 2.73. The first-order valence-corrected chi connectivity index (χ1v) is 7.12. The second-order valence-corrected chi connectivity index (χ2v) is 5.30. The third kappa shape index (κ3) is 3.65. The first kappa shape index (κ1) is 16.6. The van der Waals surface area contributed by atoms with Gasteiger partial charge in [-0.1, -0.05) is 0 Å². The van der Waals surface area contributed by atoms with Gasteiger partial charge in [-0.2, -0.15) is 8.78 Å². The molecular formula is C16H12F2N2O5. The number of pyridine rings is 1. The van der Waals surface area contributed by atoms with Crippen molar-refractivity contribution in [3.63, 3.8) is 0 Å². The van der Waals surface area contributed by atoms with Crippen LogP contribution in [-0.2, 0) is 11.3 Å². The van der Waals surface area contributed by atoms with Crippen molar-refractivity contribution in [1.82, 2.24) is 9.55 Å². The zero-order chi connectivity index (χ0) is 18.2. The molecule has 0 aliphatic rings. The lowest BCUT2D eigenvalue weighted by Gasteiger charge is -2.13. The molecule has 0 radical (unpaired) electrons. The third-order valence-electron chi connectivity index (χ3n) is 3.25. The molecule has 0 bridgehead atoms. The van der Waals surface area contributed by atoms with Gasteiger partial charge in [0, 0.05) is 12.5 Å². The van der Waals surface area contributed by atoms with E-state index in [0.717, 1.165) is 4.57 Å². The van der Waals surface area contributed by atoms with Crippen LogP contribution in [0.3, 0.4) is 0 Å². The van der Waals surface area contributed by atoms with Crippen molar-refractivity contribution in [1.29, 1.82) is 0 Å². The van der Waals surface area contributed by atoms with Gasteiger partial charge >= 0.3 is 17.8 Å². The molecule has 1 aromatic carbocycles. The molecule has 130 valence electrons. The summed E-state index contributed by atoms with van der Waals surface area (Å²) in [6, 6.07) is 8.82. The first-order valence-electron chi connectivity index (χ1n) is 7.12. The molecule has 0 amide bonds. The number of fused-ring (bicyclic) bond motifs is 1. The second kappa shape index (κ2) is 6.00. The van der Waals surface area contributed by atoms with E-state index < -0.39 is 24.4 Å². The Kier molecular flexibility index (Phi) is 3.99. The lowest BCUT2D eigenvalue weighted by Crippen LogP contribution is -2.20. The molecule has 0 atom stereocenters. The van der Waals surface area contributed by atoms with E-state index in [0.29, 0.717) is 18.2 Å². The number of halogens is 2. The summed E-state index contributed by atoms with van der Waals surface area (Å²) < 4.78 is 36.0. The molecule has 2 aromatic heterocycles. The van der Waals surface area contributed by atoms with Crippen LogP contribution in [0.2, 0.25) is 0 Å². The van der Waals surface area contributed by atoms with Gasteiger partial charge in [0.15, 0.2) is 11.2 Å². The van der Waals surface area contributed by atoms with Crippen LogP contribution in [0.4, 0.5) is 8.78 Å². The molecular weight excluding hydrogens is 338 g/mol. The molecule has 9 heteroatoms. The molecule has 0 unspecified atom stereocenters. The zero-order valence-corrected chi connectivity index (χ0v) is 12.9. The average Bonchev–Trinajstić information content (AvgIpc) is 2.81. The Labute approximate surface area is 139 Å². The van der Waals surface area contributed by atoms with Crippen LogP contribution in [0.1, 0.15) is 6.92 Å². The summed E-state index contributed by atoms with van der Waals surface area (Å²) in [5.41, 5.74) is 1.23. The normalized spacial score (nSPS) is 11.6. The molecule has 3 aromatic rings. The number of aromatic nitrogens is 2. The summed E-state index contributed by atoms with van der Waals surface area (Å²) in [5, 5.41) is 8.87. The Morgan fingerprint density at radius 3 is 2.56 bits per heavy atom. The minimum atomic E-state index is -3.29. The van der Waals surface area contributed by atoms with Crippen molar-refractivity contribution in [3.05, 3.63) is 46.9 Å². The minimum Gasteiger partial charge on any atom is -0.480 e. The van der Waals surface area contributed by atoms with E-state index in [1.54, 1.807) is 6.07 Å². The summed E-state index contributed by atoms with van der Waals surface area (Å²) >= 11 is 0. The van der Waals surface area contributed by atoms with Crippen molar-refractivity contribution < 1.29 is 27.8 Å². The van der Waals surface area contributed by atoms with E-state index >= 15 is 0 Å². The van der Waals surface area contributed by atoms with Crippen LogP contribution < -0.4 is 10.5 Å². The highest BCUT2D eigenvalue weighted by Gasteiger charge is 2.23. The number of oxazole rings is 1. The fourth-order valence-corrected chi connectivity index (χ4v) is 2.28. The van der Waals surface area contributed by atoms with Crippen molar-refractivity contribution in [3.8, 4) is 17.0 Å². The molecule has 0 spiro atoms. The summed E-state index contributed by atoms with van der Waals surface area (Å²) in [6.45, 7) is 0.0532. The molecule has 0 fully saturated rings. The van der Waals surface area contributed by atoms with Crippen LogP contribution >= 0.6 is 0 Å². The number of nitrogens with zero attached hydrogens (tertiary/aromatic N) is 2. The van der Waals surface area contributed by atoms with Gasteiger partial charge in [-0.3, -0.25) is 4.79 Å². The highest BCUT2D eigenvalue weighted by molar-refractivity contribution is 5.76. The maximum Gasteiger partial charge on any atom is 0.421 e. The standard InChI is InChI=1S/C16H12F2N2O5/c1-16(17,18)25-10-4-2-9(3-5-10)11-6-7-12-14(19-11)20(8-13(21)22)15(23)24-12/h2-7H,8H2,1H3,(H,21,22). The number of hydrogen-bond donors (Lipinski definition) is 1. The summed E-state index contributed by atoms with van der Waals surface area (Å²) in [4.78, 5) is 26.8. The number of aliphatic carboxylic acids is 1. The average molecular weight is 350 g/mol. The summed E-state index contributed by atoms with van der Waals surface area (Å²) in [7, 11) is 0. The number of hydrogen-bond acceptors (Lipinski definition) is 5. The highest BCUT2D eigenvalue weighted by Crippen LogP contribution is 2.26. The fraction of sp³-hybridized carbons (Fsp3) is 0.188. The first-order chi connectivity index (χ1) is 11.7. The van der Waals surface area contributed by atoms with Gasteiger partial charge in [0.05, 0.1) is 5.69 Å². The van der Waals surface area contributed by atoms with Gasteiger partial charge < -0.3 is 14.3 Å². The smallest absolute Gasteiger partial charge is 0.421 e. The van der Waals surface area contributed by atoms with Crippen molar-refractivity contribution in [2.45, 2.75) is 19.6 Å². The highest BCUT2D eigenvalue weighted by atomic mass is 19.3. The van der Waals surface area contributed by atoms with Crippen LogP contribution in [0, 0.1) is 0 Å². The van der Waals surface area contributed by atoms with Gasteiger partial charge in [-0.25, -0.2) is 14.3 Å². The lowest BCUT2D eigenvalue weighted by atomic mass is 10.1. The maximum atomic E-state index is 12.8. The van der Waals surface area contributed by atoms with Crippen LogP contribution in [0.15, 0.2) is 45.6 Å². The Bertz CT molecular complexity index is 986. The molecule has 0 aliphatic carbocycles. The van der Waals surface area contributed by atoms with E-state index in [1.807, 2.05) is 0 Å². The lowest BCUT2D eigenvalue weighted by molar-refractivity contribution is -0.159. The number of rotatable bonds is 5. The number of carboxylic acid groups (broad SMARTS) is 1. The minimum absolute atomic E-state index is 0.0107. The van der Waals surface area contributed by atoms with Gasteiger partial charge in [0.1, 0.15) is 12.3 Å². The van der Waals surface area contributed by atoms with Crippen molar-refractivity contribution in [2.24, 2.45) is 0 Å². The third-order valence-corrected chi connectivity index (χ3v) is 3.25. The maximum absolute atomic E-state index is 12.8.